The number of furan rings is 1. The van der Waals surface area contributed by atoms with Gasteiger partial charge >= 0.3 is 0 Å². The summed E-state index contributed by atoms with van der Waals surface area (Å²) in [6, 6.07) is 2.20. The Hall–Kier alpha value is -1.00. The average molecular weight is 285 g/mol. The monoisotopic (exact) mass is 284 g/mol. The average Bonchev–Trinajstić information content (AvgIpc) is 2.83. The highest BCUT2D eigenvalue weighted by Crippen LogP contribution is 2.26. The molecular formula is C14H21ClN2O2. The maximum Gasteiger partial charge on any atom is 0.258 e. The highest BCUT2D eigenvalue weighted by atomic mass is 35.5. The van der Waals surface area contributed by atoms with Gasteiger partial charge in [-0.3, -0.25) is 4.79 Å². The van der Waals surface area contributed by atoms with Gasteiger partial charge in [-0.1, -0.05) is 6.92 Å². The van der Waals surface area contributed by atoms with Crippen LogP contribution in [0.2, 0.25) is 5.22 Å². The lowest BCUT2D eigenvalue weighted by Crippen LogP contribution is -2.44. The lowest BCUT2D eigenvalue weighted by molar-refractivity contribution is 0.0626. The number of nitrogens with zero attached hydrogens (tertiary/aromatic N) is 1. The molecule has 0 unspecified atom stereocenters. The quantitative estimate of drug-likeness (QED) is 0.924. The van der Waals surface area contributed by atoms with E-state index >= 15 is 0 Å². The fourth-order valence-electron chi connectivity index (χ4n) is 2.70. The molecule has 0 atom stereocenters. The SMILES string of the molecule is CCCN(C(=O)c1ccoc1Cl)C1CCC(N)CC1. The van der Waals surface area contributed by atoms with Crippen LogP contribution in [0.3, 0.4) is 0 Å². The summed E-state index contributed by atoms with van der Waals surface area (Å²) in [5.41, 5.74) is 6.39. The van der Waals surface area contributed by atoms with Gasteiger partial charge in [0, 0.05) is 18.6 Å². The molecule has 1 aromatic rings. The van der Waals surface area contributed by atoms with Crippen molar-refractivity contribution in [2.75, 3.05) is 6.54 Å². The standard InChI is InChI=1S/C14H21ClN2O2/c1-2-8-17(11-5-3-10(16)4-6-11)14(18)12-7-9-19-13(12)15/h7,9-11H,2-6,8,16H2,1H3. The van der Waals surface area contributed by atoms with Gasteiger partial charge in [-0.15, -0.1) is 0 Å². The summed E-state index contributed by atoms with van der Waals surface area (Å²) in [6.45, 7) is 2.83. The van der Waals surface area contributed by atoms with Gasteiger partial charge in [0.1, 0.15) is 0 Å². The summed E-state index contributed by atoms with van der Waals surface area (Å²) in [5.74, 6) is -0.0268. The topological polar surface area (TPSA) is 59.5 Å². The number of nitrogens with two attached hydrogens (primary N) is 1. The van der Waals surface area contributed by atoms with Crippen molar-refractivity contribution in [2.24, 2.45) is 5.73 Å². The van der Waals surface area contributed by atoms with E-state index in [2.05, 4.69) is 6.92 Å². The summed E-state index contributed by atoms with van der Waals surface area (Å²) in [5, 5.41) is 0.179. The molecule has 0 radical (unpaired) electrons. The van der Waals surface area contributed by atoms with E-state index in [-0.39, 0.29) is 23.2 Å². The Morgan fingerprint density at radius 3 is 2.68 bits per heavy atom. The molecule has 1 amide bonds. The molecule has 106 valence electrons. The highest BCUT2D eigenvalue weighted by molar-refractivity contribution is 6.32. The first-order valence-electron chi connectivity index (χ1n) is 6.93. The van der Waals surface area contributed by atoms with Crippen LogP contribution in [-0.2, 0) is 0 Å². The van der Waals surface area contributed by atoms with Gasteiger partial charge in [0.2, 0.25) is 5.22 Å². The Kier molecular flexibility index (Phi) is 4.88. The third-order valence-corrected chi connectivity index (χ3v) is 4.05. The predicted octanol–water partition coefficient (Wildman–Crippen LogP) is 3.06. The molecule has 1 aliphatic carbocycles. The fourth-order valence-corrected chi connectivity index (χ4v) is 2.90. The Morgan fingerprint density at radius 2 is 2.16 bits per heavy atom. The van der Waals surface area contributed by atoms with E-state index in [1.54, 1.807) is 6.07 Å². The molecule has 0 bridgehead atoms. The summed E-state index contributed by atoms with van der Waals surface area (Å²) < 4.78 is 5.02. The first-order chi connectivity index (χ1) is 9.13. The third-order valence-electron chi connectivity index (χ3n) is 3.76. The second-order valence-electron chi connectivity index (χ2n) is 5.18. The maximum atomic E-state index is 12.5. The normalized spacial score (nSPS) is 23.3. The Morgan fingerprint density at radius 1 is 1.47 bits per heavy atom. The number of carbonyl (C=O) groups is 1. The lowest BCUT2D eigenvalue weighted by atomic mass is 9.90. The molecule has 0 aromatic carbocycles. The molecule has 1 aromatic heterocycles. The van der Waals surface area contributed by atoms with E-state index in [9.17, 15) is 4.79 Å². The van der Waals surface area contributed by atoms with Crippen molar-refractivity contribution in [3.8, 4) is 0 Å². The van der Waals surface area contributed by atoms with E-state index in [1.807, 2.05) is 4.90 Å². The van der Waals surface area contributed by atoms with Crippen molar-refractivity contribution >= 4 is 17.5 Å². The molecule has 19 heavy (non-hydrogen) atoms. The van der Waals surface area contributed by atoms with E-state index in [1.165, 1.54) is 6.26 Å². The zero-order valence-electron chi connectivity index (χ0n) is 11.3. The van der Waals surface area contributed by atoms with Crippen LogP contribution in [0.4, 0.5) is 0 Å². The molecule has 5 heteroatoms. The summed E-state index contributed by atoms with van der Waals surface area (Å²) in [4.78, 5) is 14.5. The van der Waals surface area contributed by atoms with Crippen molar-refractivity contribution in [2.45, 2.75) is 51.1 Å². The van der Waals surface area contributed by atoms with Crippen molar-refractivity contribution < 1.29 is 9.21 Å². The lowest BCUT2D eigenvalue weighted by Gasteiger charge is -2.36. The molecule has 1 heterocycles. The summed E-state index contributed by atoms with van der Waals surface area (Å²) in [6.07, 6.45) is 6.31. The van der Waals surface area contributed by atoms with Crippen molar-refractivity contribution in [1.29, 1.82) is 0 Å². The molecule has 1 fully saturated rings. The molecule has 0 spiro atoms. The van der Waals surface area contributed by atoms with Gasteiger partial charge in [0.05, 0.1) is 11.8 Å². The minimum Gasteiger partial charge on any atom is -0.452 e. The van der Waals surface area contributed by atoms with Crippen molar-refractivity contribution in [3.05, 3.63) is 23.1 Å². The van der Waals surface area contributed by atoms with E-state index < -0.39 is 0 Å². The zero-order valence-corrected chi connectivity index (χ0v) is 12.0. The van der Waals surface area contributed by atoms with Crippen molar-refractivity contribution in [3.63, 3.8) is 0 Å². The van der Waals surface area contributed by atoms with Crippen LogP contribution >= 0.6 is 11.6 Å². The molecule has 0 aliphatic heterocycles. The van der Waals surface area contributed by atoms with Crippen LogP contribution in [0.15, 0.2) is 16.7 Å². The minimum absolute atomic E-state index is 0.0268. The zero-order chi connectivity index (χ0) is 13.8. The molecule has 2 rings (SSSR count). The second-order valence-corrected chi connectivity index (χ2v) is 5.52. The largest absolute Gasteiger partial charge is 0.452 e. The Balaban J connectivity index is 2.11. The van der Waals surface area contributed by atoms with Crippen LogP contribution in [0.5, 0.6) is 0 Å². The first kappa shape index (κ1) is 14.4. The fraction of sp³-hybridized carbons (Fsp3) is 0.643. The molecule has 2 N–H and O–H groups in total. The van der Waals surface area contributed by atoms with Gasteiger partial charge in [-0.25, -0.2) is 0 Å². The summed E-state index contributed by atoms with van der Waals surface area (Å²) in [7, 11) is 0. The highest BCUT2D eigenvalue weighted by Gasteiger charge is 2.29. The number of carbonyl (C=O) groups excluding carboxylic acids is 1. The first-order valence-corrected chi connectivity index (χ1v) is 7.30. The van der Waals surface area contributed by atoms with Crippen LogP contribution in [-0.4, -0.2) is 29.4 Å². The molecular weight excluding hydrogens is 264 g/mol. The van der Waals surface area contributed by atoms with E-state index in [4.69, 9.17) is 21.8 Å². The molecule has 0 saturated heterocycles. The Labute approximate surface area is 118 Å². The van der Waals surface area contributed by atoms with Gasteiger partial charge in [-0.05, 0) is 49.8 Å². The van der Waals surface area contributed by atoms with Crippen LogP contribution < -0.4 is 5.73 Å². The molecule has 1 aliphatic rings. The van der Waals surface area contributed by atoms with Gasteiger partial charge in [0.15, 0.2) is 0 Å². The molecule has 1 saturated carbocycles. The van der Waals surface area contributed by atoms with Crippen LogP contribution in [0.25, 0.3) is 0 Å². The second kappa shape index (κ2) is 6.44. The number of hydrogen-bond acceptors (Lipinski definition) is 3. The maximum absolute atomic E-state index is 12.5. The van der Waals surface area contributed by atoms with Crippen LogP contribution in [0, 0.1) is 0 Å². The summed E-state index contributed by atoms with van der Waals surface area (Å²) >= 11 is 5.91. The number of rotatable bonds is 4. The van der Waals surface area contributed by atoms with Crippen LogP contribution in [0.1, 0.15) is 49.4 Å². The number of hydrogen-bond donors (Lipinski definition) is 1. The smallest absolute Gasteiger partial charge is 0.258 e. The Bertz CT molecular complexity index is 425. The number of amides is 1. The minimum atomic E-state index is -0.0268. The number of halogens is 1. The van der Waals surface area contributed by atoms with Crippen molar-refractivity contribution in [1.82, 2.24) is 4.90 Å². The van der Waals surface area contributed by atoms with Gasteiger partial charge in [0.25, 0.3) is 5.91 Å². The third kappa shape index (κ3) is 3.31. The van der Waals surface area contributed by atoms with E-state index in [0.717, 1.165) is 38.6 Å². The predicted molar refractivity (Wildman–Crippen MR) is 75.3 cm³/mol. The van der Waals surface area contributed by atoms with E-state index in [0.29, 0.717) is 5.56 Å². The van der Waals surface area contributed by atoms with Gasteiger partial charge in [-0.2, -0.15) is 0 Å². The molecule has 4 nitrogen and oxygen atoms in total. The van der Waals surface area contributed by atoms with Gasteiger partial charge < -0.3 is 15.1 Å².